The van der Waals surface area contributed by atoms with Crippen molar-refractivity contribution in [3.63, 3.8) is 0 Å². The second-order valence-electron chi connectivity index (χ2n) is 30.4. The Hall–Kier alpha value is -1.90. The fraction of sp³-hybridized carbons (Fsp3) is 0.795. The van der Waals surface area contributed by atoms with Crippen molar-refractivity contribution in [3.8, 4) is 20.9 Å². The second kappa shape index (κ2) is 49.6. The quantitative estimate of drug-likeness (QED) is 0.0387. The number of fused-ring (bicyclic) bond motifs is 9. The highest BCUT2D eigenvalue weighted by molar-refractivity contribution is 7.14. The maximum absolute atomic E-state index is 2.69. The molecule has 2 aromatic heterocycles. The summed E-state index contributed by atoms with van der Waals surface area (Å²) in [5, 5.41) is 8.24. The van der Waals surface area contributed by atoms with Crippen LogP contribution in [0.5, 0.6) is 0 Å². The molecule has 2 heteroatoms. The number of hydrogen-bond donors (Lipinski definition) is 0. The van der Waals surface area contributed by atoms with Crippen molar-refractivity contribution in [1.29, 1.82) is 0 Å². The molecule has 0 spiro atoms. The molecular weight excluding hydrogens is 1120 g/mol. The van der Waals surface area contributed by atoms with Gasteiger partial charge in [-0.2, -0.15) is 0 Å². The Morgan fingerprint density at radius 1 is 0.211 bits per heavy atom. The number of rotatable bonds is 64. The summed E-state index contributed by atoms with van der Waals surface area (Å²) in [4.78, 5) is 3.24. The van der Waals surface area contributed by atoms with Gasteiger partial charge >= 0.3 is 0 Å². The van der Waals surface area contributed by atoms with Crippen molar-refractivity contribution in [2.45, 2.75) is 449 Å². The Morgan fingerprint density at radius 3 is 0.578 bits per heavy atom. The van der Waals surface area contributed by atoms with Crippen LogP contribution in [0.2, 0.25) is 0 Å². The molecule has 2 heterocycles. The molecule has 2 aliphatic carbocycles. The van der Waals surface area contributed by atoms with Crippen LogP contribution in [0.4, 0.5) is 0 Å². The molecular formula is C88H148S2. The Balaban J connectivity index is 1.14. The zero-order valence-corrected chi connectivity index (χ0v) is 62.3. The van der Waals surface area contributed by atoms with Crippen LogP contribution >= 0.6 is 22.7 Å². The highest BCUT2D eigenvalue weighted by Gasteiger charge is 2.48. The molecule has 0 fully saturated rings. The molecule has 0 aliphatic heterocycles. The minimum Gasteiger partial charge on any atom is -0.143 e. The first-order valence-corrected chi connectivity index (χ1v) is 43.2. The molecule has 0 saturated heterocycles. The molecule has 0 saturated carbocycles. The van der Waals surface area contributed by atoms with E-state index in [2.05, 4.69) is 97.5 Å². The van der Waals surface area contributed by atoms with Gasteiger partial charge in [0.15, 0.2) is 0 Å². The van der Waals surface area contributed by atoms with E-state index in [0.29, 0.717) is 0 Å². The summed E-state index contributed by atoms with van der Waals surface area (Å²) >= 11 is 4.13. The van der Waals surface area contributed by atoms with Crippen LogP contribution in [0.1, 0.15) is 461 Å². The number of unbranched alkanes of at least 4 members (excludes halogenated alkanes) is 56. The molecule has 0 radical (unpaired) electrons. The van der Waals surface area contributed by atoms with E-state index >= 15 is 0 Å². The maximum atomic E-state index is 2.69. The van der Waals surface area contributed by atoms with E-state index in [0.717, 1.165) is 0 Å². The van der Waals surface area contributed by atoms with Gasteiger partial charge in [0, 0.05) is 20.6 Å². The topological polar surface area (TPSA) is 0 Å². The molecule has 0 N–H and O–H groups in total. The van der Waals surface area contributed by atoms with Crippen molar-refractivity contribution < 1.29 is 0 Å². The van der Waals surface area contributed by atoms with Crippen LogP contribution in [-0.4, -0.2) is 0 Å². The van der Waals surface area contributed by atoms with Crippen molar-refractivity contribution in [2.24, 2.45) is 0 Å². The Morgan fingerprint density at radius 2 is 0.389 bits per heavy atom. The van der Waals surface area contributed by atoms with Crippen LogP contribution in [0.3, 0.4) is 0 Å². The summed E-state index contributed by atoms with van der Waals surface area (Å²) in [6.45, 7) is 9.34. The molecule has 0 bridgehead atoms. The van der Waals surface area contributed by atoms with E-state index in [-0.39, 0.29) is 10.8 Å². The standard InChI is InChI=1S/C88H148S2/c1-5-9-13-17-21-25-29-33-37-41-45-49-53-57-61-71-87(72-62-58-54-50-46-42-38-34-30-26-22-18-14-10-6-2)81-69-75-89-85(81)79-67-66-78-77(83(79)87)65-68-80-84(78)88(82-70-76-90-86(80)82,73-63-59-55-51-47-43-39-35-31-27-23-19-15-11-7-3)74-64-60-56-52-48-44-40-36-32-28-24-20-16-12-8-4/h65-70,75-76H,5-64,71-74H2,1-4H3. The lowest BCUT2D eigenvalue weighted by molar-refractivity contribution is 0.397. The lowest BCUT2D eigenvalue weighted by atomic mass is 9.67. The highest BCUT2D eigenvalue weighted by Crippen LogP contribution is 2.62. The third kappa shape index (κ3) is 27.0. The van der Waals surface area contributed by atoms with Crippen LogP contribution in [0.15, 0.2) is 47.2 Å². The average Bonchev–Trinajstić information content (AvgIpc) is 1.53. The van der Waals surface area contributed by atoms with Crippen LogP contribution in [0, 0.1) is 0 Å². The minimum absolute atomic E-state index is 0.125. The van der Waals surface area contributed by atoms with E-state index in [1.54, 1.807) is 53.9 Å². The van der Waals surface area contributed by atoms with E-state index in [9.17, 15) is 0 Å². The molecule has 6 rings (SSSR count). The van der Waals surface area contributed by atoms with Gasteiger partial charge in [-0.05, 0) is 92.7 Å². The first kappa shape index (κ1) is 77.1. The first-order chi connectivity index (χ1) is 44.7. The molecule has 4 aromatic rings. The fourth-order valence-electron chi connectivity index (χ4n) is 17.4. The first-order valence-electron chi connectivity index (χ1n) is 41.4. The van der Waals surface area contributed by atoms with Crippen LogP contribution in [0.25, 0.3) is 31.7 Å². The van der Waals surface area contributed by atoms with E-state index in [1.165, 1.54) is 411 Å². The Labute approximate surface area is 569 Å². The largest absolute Gasteiger partial charge is 0.143 e. The predicted molar refractivity (Wildman–Crippen MR) is 410 cm³/mol. The SMILES string of the molecule is CCCCCCCCCCCCCCCCCC1(CCCCCCCCCCCCCCCCC)c2ccsc2-c2ccc3c4c(ccc3c21)-c1sccc1C4(CCCCCCCCCCCCCCCCC)CCCCCCCCCCCCCCCCC. The lowest BCUT2D eigenvalue weighted by Gasteiger charge is -2.36. The minimum atomic E-state index is 0.125. The van der Waals surface area contributed by atoms with Gasteiger partial charge in [-0.25, -0.2) is 0 Å². The van der Waals surface area contributed by atoms with E-state index < -0.39 is 0 Å². The Kier molecular flexibility index (Phi) is 42.5. The lowest BCUT2D eigenvalue weighted by Crippen LogP contribution is -2.27. The van der Waals surface area contributed by atoms with Crippen molar-refractivity contribution in [1.82, 2.24) is 0 Å². The normalized spacial score (nSPS) is 13.7. The van der Waals surface area contributed by atoms with Gasteiger partial charge < -0.3 is 0 Å². The molecule has 2 aromatic carbocycles. The fourth-order valence-corrected chi connectivity index (χ4v) is 19.4. The second-order valence-corrected chi connectivity index (χ2v) is 32.2. The van der Waals surface area contributed by atoms with Gasteiger partial charge in [-0.15, -0.1) is 22.7 Å². The molecule has 0 unspecified atom stereocenters. The van der Waals surface area contributed by atoms with Gasteiger partial charge in [-0.1, -0.05) is 437 Å². The van der Waals surface area contributed by atoms with Crippen molar-refractivity contribution >= 4 is 33.4 Å². The summed E-state index contributed by atoms with van der Waals surface area (Å²) < 4.78 is 0. The van der Waals surface area contributed by atoms with Gasteiger partial charge in [-0.3, -0.25) is 0 Å². The molecule has 0 nitrogen and oxygen atoms in total. The smallest absolute Gasteiger partial charge is 0.0387 e. The van der Waals surface area contributed by atoms with Crippen molar-refractivity contribution in [3.05, 3.63) is 69.4 Å². The number of benzene rings is 2. The van der Waals surface area contributed by atoms with Gasteiger partial charge in [0.2, 0.25) is 0 Å². The third-order valence-electron chi connectivity index (χ3n) is 22.8. The molecule has 0 amide bonds. The number of hydrogen-bond acceptors (Lipinski definition) is 2. The van der Waals surface area contributed by atoms with E-state index in [4.69, 9.17) is 0 Å². The molecule has 2 aliphatic rings. The van der Waals surface area contributed by atoms with Gasteiger partial charge in [0.1, 0.15) is 0 Å². The zero-order chi connectivity index (χ0) is 63.1. The summed E-state index contributed by atoms with van der Waals surface area (Å²) in [7, 11) is 0. The van der Waals surface area contributed by atoms with Gasteiger partial charge in [0.05, 0.1) is 0 Å². The summed E-state index contributed by atoms with van der Waals surface area (Å²) in [5.74, 6) is 0. The van der Waals surface area contributed by atoms with Crippen LogP contribution < -0.4 is 0 Å². The average molecular weight is 1270 g/mol. The summed E-state index contributed by atoms with van der Waals surface area (Å²) in [6, 6.07) is 16.0. The highest BCUT2D eigenvalue weighted by atomic mass is 32.1. The predicted octanol–water partition coefficient (Wildman–Crippen LogP) is 32.5. The molecule has 0 atom stereocenters. The maximum Gasteiger partial charge on any atom is 0.0387 e. The summed E-state index contributed by atoms with van der Waals surface area (Å²) in [5.41, 5.74) is 10.4. The van der Waals surface area contributed by atoms with Crippen molar-refractivity contribution in [2.75, 3.05) is 0 Å². The zero-order valence-electron chi connectivity index (χ0n) is 60.7. The molecule has 512 valence electrons. The molecule has 90 heavy (non-hydrogen) atoms. The number of thiophene rings is 2. The summed E-state index contributed by atoms with van der Waals surface area (Å²) in [6.07, 6.45) is 91.4. The third-order valence-corrected chi connectivity index (χ3v) is 24.7. The van der Waals surface area contributed by atoms with E-state index in [1.807, 2.05) is 0 Å². The van der Waals surface area contributed by atoms with Gasteiger partial charge in [0.25, 0.3) is 0 Å². The Bertz CT molecular complexity index is 2090. The monoisotopic (exact) mass is 1270 g/mol. The van der Waals surface area contributed by atoms with Crippen LogP contribution in [-0.2, 0) is 10.8 Å².